The molecule has 0 radical (unpaired) electrons. The van der Waals surface area contributed by atoms with Crippen LogP contribution >= 0.6 is 15.9 Å². The fourth-order valence-electron chi connectivity index (χ4n) is 0.846. The van der Waals surface area contributed by atoms with Crippen molar-refractivity contribution < 1.29 is 14.3 Å². The topological polar surface area (TPSA) is 72.1 Å². The highest BCUT2D eigenvalue weighted by atomic mass is 79.9. The average Bonchev–Trinajstić information content (AvgIpc) is 2.66. The van der Waals surface area contributed by atoms with Crippen LogP contribution in [0.15, 0.2) is 6.07 Å². The van der Waals surface area contributed by atoms with Gasteiger partial charge < -0.3 is 4.74 Å². The van der Waals surface area contributed by atoms with E-state index in [0.717, 1.165) is 0 Å². The van der Waals surface area contributed by atoms with E-state index in [1.54, 1.807) is 6.92 Å². The minimum absolute atomic E-state index is 0.181. The van der Waals surface area contributed by atoms with Crippen LogP contribution in [-0.4, -0.2) is 33.9 Å². The highest BCUT2D eigenvalue weighted by molar-refractivity contribution is 9.09. The molecule has 0 saturated heterocycles. The number of ether oxygens (including phenoxy) is 1. The second-order valence-electron chi connectivity index (χ2n) is 2.44. The molecular weight excluding hydrogens is 252 g/mol. The third-order valence-corrected chi connectivity index (χ3v) is 1.99. The minimum Gasteiger partial charge on any atom is -0.461 e. The second kappa shape index (κ2) is 4.90. The first-order valence-electron chi connectivity index (χ1n) is 4.00. The van der Waals surface area contributed by atoms with E-state index < -0.39 is 5.97 Å². The van der Waals surface area contributed by atoms with Crippen molar-refractivity contribution >= 4 is 27.7 Å². The van der Waals surface area contributed by atoms with Crippen LogP contribution in [0.2, 0.25) is 0 Å². The molecule has 0 unspecified atom stereocenters. The summed E-state index contributed by atoms with van der Waals surface area (Å²) in [4.78, 5) is 22.3. The van der Waals surface area contributed by atoms with Gasteiger partial charge in [0, 0.05) is 6.07 Å². The van der Waals surface area contributed by atoms with Crippen molar-refractivity contribution in [2.24, 2.45) is 0 Å². The molecule has 1 heterocycles. The maximum Gasteiger partial charge on any atom is 0.356 e. The number of esters is 1. The van der Waals surface area contributed by atoms with Crippen LogP contribution in [0, 0.1) is 0 Å². The number of alkyl halides is 1. The Bertz CT molecular complexity index is 348. The lowest BCUT2D eigenvalue weighted by molar-refractivity contribution is 0.0519. The van der Waals surface area contributed by atoms with Crippen LogP contribution in [-0.2, 0) is 4.74 Å². The van der Waals surface area contributed by atoms with Crippen molar-refractivity contribution in [2.75, 3.05) is 11.9 Å². The number of Topliss-reactive ketones (excluding diaryl/α,β-unsaturated/α-hetero) is 1. The summed E-state index contributed by atoms with van der Waals surface area (Å²) in [6.45, 7) is 2.00. The van der Waals surface area contributed by atoms with Crippen molar-refractivity contribution in [3.63, 3.8) is 0 Å². The summed E-state index contributed by atoms with van der Waals surface area (Å²) in [5.74, 6) is -0.689. The predicted molar refractivity (Wildman–Crippen MR) is 52.7 cm³/mol. The summed E-state index contributed by atoms with van der Waals surface area (Å²) >= 11 is 3.01. The zero-order valence-corrected chi connectivity index (χ0v) is 9.13. The quantitative estimate of drug-likeness (QED) is 0.501. The van der Waals surface area contributed by atoms with Gasteiger partial charge in [0.2, 0.25) is 0 Å². The lowest BCUT2D eigenvalue weighted by atomic mass is 10.3. The van der Waals surface area contributed by atoms with E-state index in [9.17, 15) is 9.59 Å². The minimum atomic E-state index is -0.506. The van der Waals surface area contributed by atoms with Gasteiger partial charge in [-0.15, -0.1) is 0 Å². The van der Waals surface area contributed by atoms with Crippen LogP contribution in [0.5, 0.6) is 0 Å². The van der Waals surface area contributed by atoms with E-state index in [1.807, 2.05) is 0 Å². The molecule has 0 bridgehead atoms. The van der Waals surface area contributed by atoms with Gasteiger partial charge in [-0.3, -0.25) is 9.89 Å². The van der Waals surface area contributed by atoms with E-state index in [2.05, 4.69) is 26.1 Å². The Morgan fingerprint density at radius 3 is 2.93 bits per heavy atom. The molecule has 14 heavy (non-hydrogen) atoms. The number of hydrogen-bond acceptors (Lipinski definition) is 4. The first-order valence-corrected chi connectivity index (χ1v) is 5.13. The highest BCUT2D eigenvalue weighted by Crippen LogP contribution is 2.03. The average molecular weight is 261 g/mol. The molecule has 1 aromatic heterocycles. The number of halogens is 1. The SMILES string of the molecule is CCOC(=O)c1cc(C(=O)CBr)n[nH]1. The lowest BCUT2D eigenvalue weighted by Gasteiger charge is -1.95. The van der Waals surface area contributed by atoms with Crippen molar-refractivity contribution in [3.05, 3.63) is 17.5 Å². The Labute approximate surface area is 89.0 Å². The van der Waals surface area contributed by atoms with Crippen LogP contribution in [0.4, 0.5) is 0 Å². The van der Waals surface area contributed by atoms with E-state index in [1.165, 1.54) is 6.07 Å². The molecule has 0 aliphatic heterocycles. The van der Waals surface area contributed by atoms with Gasteiger partial charge in [-0.25, -0.2) is 4.79 Å². The second-order valence-corrected chi connectivity index (χ2v) is 3.00. The van der Waals surface area contributed by atoms with Crippen LogP contribution in [0.3, 0.4) is 0 Å². The van der Waals surface area contributed by atoms with Gasteiger partial charge >= 0.3 is 5.97 Å². The number of rotatable bonds is 4. The molecule has 0 aliphatic carbocycles. The number of aromatic amines is 1. The maximum atomic E-state index is 11.2. The van der Waals surface area contributed by atoms with Crippen molar-refractivity contribution in [1.82, 2.24) is 10.2 Å². The number of ketones is 1. The molecule has 6 heteroatoms. The Kier molecular flexibility index (Phi) is 3.82. The number of aromatic nitrogens is 2. The molecular formula is C8H9BrN2O3. The summed E-state index contributed by atoms with van der Waals surface area (Å²) in [5.41, 5.74) is 0.418. The number of carbonyl (C=O) groups excluding carboxylic acids is 2. The van der Waals surface area contributed by atoms with Crippen LogP contribution in [0.1, 0.15) is 27.9 Å². The fourth-order valence-corrected chi connectivity index (χ4v) is 1.13. The first kappa shape index (κ1) is 10.9. The number of carbonyl (C=O) groups is 2. The molecule has 0 atom stereocenters. The summed E-state index contributed by atoms with van der Waals surface area (Å²) < 4.78 is 4.72. The molecule has 1 rings (SSSR count). The monoisotopic (exact) mass is 260 g/mol. The standard InChI is InChI=1S/C8H9BrN2O3/c1-2-14-8(13)6-3-5(10-11-6)7(12)4-9/h3H,2,4H2,1H3,(H,10,11). The van der Waals surface area contributed by atoms with Gasteiger partial charge in [0.25, 0.3) is 0 Å². The largest absolute Gasteiger partial charge is 0.461 e. The molecule has 76 valence electrons. The van der Waals surface area contributed by atoms with E-state index in [-0.39, 0.29) is 22.5 Å². The zero-order chi connectivity index (χ0) is 10.6. The van der Waals surface area contributed by atoms with E-state index in [0.29, 0.717) is 6.61 Å². The van der Waals surface area contributed by atoms with Crippen molar-refractivity contribution in [3.8, 4) is 0 Å². The molecule has 0 aliphatic rings. The molecule has 0 aromatic carbocycles. The third-order valence-electron chi connectivity index (χ3n) is 1.48. The summed E-state index contributed by atoms with van der Waals surface area (Å²) in [7, 11) is 0. The summed E-state index contributed by atoms with van der Waals surface area (Å²) in [5, 5.41) is 6.30. The summed E-state index contributed by atoms with van der Waals surface area (Å²) in [6.07, 6.45) is 0. The molecule has 5 nitrogen and oxygen atoms in total. The van der Waals surface area contributed by atoms with Crippen molar-refractivity contribution in [1.29, 1.82) is 0 Å². The smallest absolute Gasteiger partial charge is 0.356 e. The molecule has 1 N–H and O–H groups in total. The highest BCUT2D eigenvalue weighted by Gasteiger charge is 2.14. The fraction of sp³-hybridized carbons (Fsp3) is 0.375. The molecule has 0 spiro atoms. The molecule has 0 amide bonds. The van der Waals surface area contributed by atoms with Gasteiger partial charge in [0.1, 0.15) is 11.4 Å². The number of nitrogens with one attached hydrogen (secondary N) is 1. The van der Waals surface area contributed by atoms with Gasteiger partial charge in [0.15, 0.2) is 5.78 Å². The van der Waals surface area contributed by atoms with Gasteiger partial charge in [-0.2, -0.15) is 5.10 Å². The lowest BCUT2D eigenvalue weighted by Crippen LogP contribution is -2.04. The third kappa shape index (κ3) is 2.41. The van der Waals surface area contributed by atoms with Crippen LogP contribution < -0.4 is 0 Å². The maximum absolute atomic E-state index is 11.2. The van der Waals surface area contributed by atoms with E-state index in [4.69, 9.17) is 4.74 Å². The van der Waals surface area contributed by atoms with Crippen molar-refractivity contribution in [2.45, 2.75) is 6.92 Å². The number of hydrogen-bond donors (Lipinski definition) is 1. The predicted octanol–water partition coefficient (Wildman–Crippen LogP) is 1.16. The number of H-pyrrole nitrogens is 1. The normalized spacial score (nSPS) is 9.86. The Hall–Kier alpha value is -1.17. The van der Waals surface area contributed by atoms with Gasteiger partial charge in [-0.1, -0.05) is 15.9 Å². The van der Waals surface area contributed by atoms with E-state index >= 15 is 0 Å². The molecule has 0 saturated carbocycles. The summed E-state index contributed by atoms with van der Waals surface area (Å²) in [6, 6.07) is 1.38. The zero-order valence-electron chi connectivity index (χ0n) is 7.54. The Morgan fingerprint density at radius 2 is 2.36 bits per heavy atom. The molecule has 0 fully saturated rings. The van der Waals surface area contributed by atoms with Gasteiger partial charge in [-0.05, 0) is 6.92 Å². The Balaban J connectivity index is 2.77. The number of nitrogens with zero attached hydrogens (tertiary/aromatic N) is 1. The van der Waals surface area contributed by atoms with Crippen LogP contribution in [0.25, 0.3) is 0 Å². The first-order chi connectivity index (χ1) is 6.69. The molecule has 1 aromatic rings. The van der Waals surface area contributed by atoms with Gasteiger partial charge in [0.05, 0.1) is 11.9 Å². The Morgan fingerprint density at radius 1 is 1.64 bits per heavy atom.